The zero-order chi connectivity index (χ0) is 19.7. The smallest absolute Gasteiger partial charge is 0.358 e. The second kappa shape index (κ2) is 60.4. The summed E-state index contributed by atoms with van der Waals surface area (Å²) in [7, 11) is 25.0. The first-order chi connectivity index (χ1) is 10.9. The molecule has 0 radical (unpaired) electrons. The number of hydrogen-bond donors (Lipinski definition) is 0. The van der Waals surface area contributed by atoms with Gasteiger partial charge in [-0.3, -0.25) is 0 Å². The van der Waals surface area contributed by atoms with Gasteiger partial charge in [0.05, 0.1) is 0 Å². The fourth-order valence-electron chi connectivity index (χ4n) is 1.20. The third kappa shape index (κ3) is 126. The number of likely N-dealkylation sites (N-methyl/N-ethyl adjacent to an activating group) is 6. The van der Waals surface area contributed by atoms with Gasteiger partial charge in [-0.2, -0.15) is 0 Å². The summed E-state index contributed by atoms with van der Waals surface area (Å²) in [6.07, 6.45) is 0. The minimum atomic E-state index is 0. The molecule has 0 aliphatic rings. The molecular formula is C24H66Li3LuN6. The molecule has 10 heteroatoms. The van der Waals surface area contributed by atoms with Gasteiger partial charge in [0.25, 0.3) is 0 Å². The monoisotopic (exact) mass is 635 g/mol. The Bertz CT molecular complexity index is 189. The van der Waals surface area contributed by atoms with Crippen molar-refractivity contribution in [2.75, 3.05) is 124 Å². The molecule has 0 saturated heterocycles. The Morgan fingerprint density at radius 1 is 0.265 bits per heavy atom. The standard InChI is InChI=1S/3C6H16N2.6CH3.3Li.Lu/c3*1-7(2)5-6-8(3)4;;;;;;;;;;/h3*5-6H2,1-4H3;6*1H3;;;;/q;;;6*-1;3*+1;+3. The topological polar surface area (TPSA) is 19.4 Å². The van der Waals surface area contributed by atoms with Crippen molar-refractivity contribution in [1.29, 1.82) is 0 Å². The summed E-state index contributed by atoms with van der Waals surface area (Å²) in [6.45, 7) is 6.88. The SMILES string of the molecule is CN(C)CCN(C)C.CN(C)CCN(C)C.CN(C)CCN(C)C.[CH3-].[CH3-].[CH3-].[CH3-].[CH3-].[CH3-].[Li+].[Li+].[Li+].[Lu+3]. The van der Waals surface area contributed by atoms with E-state index in [-0.39, 0.29) is 138 Å². The molecule has 0 fully saturated rings. The van der Waals surface area contributed by atoms with E-state index < -0.39 is 0 Å². The third-order valence-corrected chi connectivity index (χ3v) is 2.98. The van der Waals surface area contributed by atoms with Crippen molar-refractivity contribution in [2.45, 2.75) is 0 Å². The summed E-state index contributed by atoms with van der Waals surface area (Å²) in [4.78, 5) is 13.1. The van der Waals surface area contributed by atoms with Crippen LogP contribution in [0.4, 0.5) is 0 Å². The van der Waals surface area contributed by atoms with E-state index in [0.717, 1.165) is 39.3 Å². The average Bonchev–Trinajstić information content (AvgIpc) is 2.42. The van der Waals surface area contributed by atoms with Gasteiger partial charge >= 0.3 is 93.5 Å². The first-order valence-corrected chi connectivity index (χ1v) is 8.76. The van der Waals surface area contributed by atoms with Crippen LogP contribution >= 0.6 is 0 Å². The predicted octanol–water partition coefficient (Wildman–Crippen LogP) is -5.96. The van der Waals surface area contributed by atoms with Crippen LogP contribution < -0.4 is 56.6 Å². The van der Waals surface area contributed by atoms with Gasteiger partial charge in [-0.05, 0) is 84.6 Å². The summed E-state index contributed by atoms with van der Waals surface area (Å²) in [5.74, 6) is 0. The Morgan fingerprint density at radius 3 is 0.353 bits per heavy atom. The third-order valence-electron chi connectivity index (χ3n) is 2.98. The van der Waals surface area contributed by atoms with Crippen molar-refractivity contribution in [3.63, 3.8) is 0 Å². The van der Waals surface area contributed by atoms with Crippen LogP contribution in [0.2, 0.25) is 0 Å². The summed E-state index contributed by atoms with van der Waals surface area (Å²) in [6, 6.07) is 0. The van der Waals surface area contributed by atoms with Gasteiger partial charge in [-0.25, -0.2) is 0 Å². The van der Waals surface area contributed by atoms with E-state index in [9.17, 15) is 0 Å². The van der Waals surface area contributed by atoms with E-state index >= 15 is 0 Å². The zero-order valence-electron chi connectivity index (χ0n) is 28.2. The molecule has 34 heavy (non-hydrogen) atoms. The van der Waals surface area contributed by atoms with Crippen LogP contribution in [0.25, 0.3) is 0 Å². The second-order valence-corrected chi connectivity index (χ2v) is 7.82. The van der Waals surface area contributed by atoms with Crippen LogP contribution in [0.15, 0.2) is 0 Å². The summed E-state index contributed by atoms with van der Waals surface area (Å²) < 4.78 is 0. The fourth-order valence-corrected chi connectivity index (χ4v) is 1.20. The quantitative estimate of drug-likeness (QED) is 0.185. The maximum absolute atomic E-state index is 2.18. The van der Waals surface area contributed by atoms with Gasteiger partial charge in [0, 0.05) is 39.3 Å². The maximum atomic E-state index is 2.18. The zero-order valence-corrected chi connectivity index (χ0v) is 29.8. The van der Waals surface area contributed by atoms with Gasteiger partial charge in [-0.15, -0.1) is 0 Å². The first-order valence-electron chi connectivity index (χ1n) is 8.76. The van der Waals surface area contributed by atoms with Crippen molar-refractivity contribution >= 4 is 0 Å². The molecule has 0 atom stereocenters. The van der Waals surface area contributed by atoms with Crippen LogP contribution in [-0.4, -0.2) is 153 Å². The molecular weight excluding hydrogens is 568 g/mol. The molecule has 210 valence electrons. The molecule has 0 N–H and O–H groups in total. The van der Waals surface area contributed by atoms with E-state index in [1.54, 1.807) is 0 Å². The van der Waals surface area contributed by atoms with Crippen molar-refractivity contribution in [3.05, 3.63) is 44.6 Å². The number of nitrogens with zero attached hydrogens (tertiary/aromatic N) is 6. The van der Waals surface area contributed by atoms with Crippen molar-refractivity contribution in [2.24, 2.45) is 0 Å². The van der Waals surface area contributed by atoms with E-state index in [2.05, 4.69) is 114 Å². The average molecular weight is 635 g/mol. The molecule has 0 spiro atoms. The minimum absolute atomic E-state index is 0. The molecule has 0 aromatic rings. The molecule has 0 aliphatic carbocycles. The predicted molar refractivity (Wildman–Crippen MR) is 150 cm³/mol. The molecule has 0 aliphatic heterocycles. The number of rotatable bonds is 9. The number of hydrogen-bond acceptors (Lipinski definition) is 6. The molecule has 0 bridgehead atoms. The van der Waals surface area contributed by atoms with E-state index in [0.29, 0.717) is 0 Å². The first kappa shape index (κ1) is 83.3. The molecule has 0 aromatic heterocycles. The van der Waals surface area contributed by atoms with Gasteiger partial charge in [-0.1, -0.05) is 0 Å². The Labute approximate surface area is 288 Å². The normalized spacial score (nSPS) is 7.94. The van der Waals surface area contributed by atoms with Crippen molar-refractivity contribution in [3.8, 4) is 0 Å². The Morgan fingerprint density at radius 2 is 0.324 bits per heavy atom. The van der Waals surface area contributed by atoms with Crippen molar-refractivity contribution < 1.29 is 93.5 Å². The molecule has 0 amide bonds. The molecule has 0 heterocycles. The fraction of sp³-hybridized carbons (Fsp3) is 0.750. The van der Waals surface area contributed by atoms with Gasteiger partial charge in [0.15, 0.2) is 0 Å². The van der Waals surface area contributed by atoms with Crippen LogP contribution in [0, 0.1) is 81.4 Å². The van der Waals surface area contributed by atoms with Gasteiger partial charge in [0.2, 0.25) is 0 Å². The summed E-state index contributed by atoms with van der Waals surface area (Å²) in [5.41, 5.74) is 0. The molecule has 0 rings (SSSR count). The van der Waals surface area contributed by atoms with Crippen LogP contribution in [-0.2, 0) is 0 Å². The summed E-state index contributed by atoms with van der Waals surface area (Å²) in [5, 5.41) is 0. The molecule has 6 nitrogen and oxygen atoms in total. The van der Waals surface area contributed by atoms with Crippen LogP contribution in [0.5, 0.6) is 0 Å². The van der Waals surface area contributed by atoms with Crippen LogP contribution in [0.1, 0.15) is 0 Å². The molecule has 0 unspecified atom stereocenters. The van der Waals surface area contributed by atoms with E-state index in [1.165, 1.54) is 0 Å². The van der Waals surface area contributed by atoms with E-state index in [1.807, 2.05) is 0 Å². The van der Waals surface area contributed by atoms with Gasteiger partial charge < -0.3 is 74.0 Å². The van der Waals surface area contributed by atoms with Gasteiger partial charge in [0.1, 0.15) is 0 Å². The van der Waals surface area contributed by atoms with Crippen LogP contribution in [0.3, 0.4) is 0 Å². The Hall–Kier alpha value is 2.79. The van der Waals surface area contributed by atoms with Crippen molar-refractivity contribution in [1.82, 2.24) is 29.4 Å². The molecule has 0 aromatic carbocycles. The maximum Gasteiger partial charge on any atom is 3.00 e. The summed E-state index contributed by atoms with van der Waals surface area (Å²) >= 11 is 0. The largest absolute Gasteiger partial charge is 3.00 e. The minimum Gasteiger partial charge on any atom is -0.358 e. The Kier molecular flexibility index (Phi) is 148. The van der Waals surface area contributed by atoms with E-state index in [4.69, 9.17) is 0 Å². The Balaban J connectivity index is -0.0000000154. The molecule has 0 saturated carbocycles. The second-order valence-electron chi connectivity index (χ2n) is 7.82.